The van der Waals surface area contributed by atoms with Gasteiger partial charge >= 0.3 is 0 Å². The highest BCUT2D eigenvalue weighted by Crippen LogP contribution is 2.29. The van der Waals surface area contributed by atoms with Gasteiger partial charge in [-0.25, -0.2) is 4.98 Å². The second kappa shape index (κ2) is 8.00. The van der Waals surface area contributed by atoms with Gasteiger partial charge in [0.05, 0.1) is 21.7 Å². The topological polar surface area (TPSA) is 42.0 Å². The summed E-state index contributed by atoms with van der Waals surface area (Å²) < 4.78 is 0. The van der Waals surface area contributed by atoms with Crippen LogP contribution in [-0.4, -0.2) is 17.4 Å². The number of aromatic nitrogens is 1. The Bertz CT molecular complexity index is 912. The summed E-state index contributed by atoms with van der Waals surface area (Å²) in [5.41, 5.74) is 4.83. The molecule has 136 valence electrons. The third-order valence-corrected chi connectivity index (χ3v) is 6.04. The zero-order chi connectivity index (χ0) is 18.7. The van der Waals surface area contributed by atoms with E-state index in [-0.39, 0.29) is 5.91 Å². The van der Waals surface area contributed by atoms with Crippen molar-refractivity contribution in [3.8, 4) is 10.6 Å². The highest BCUT2D eigenvalue weighted by Gasteiger charge is 2.16. The monoisotopic (exact) mass is 366 g/mol. The van der Waals surface area contributed by atoms with Gasteiger partial charge in [0.1, 0.15) is 0 Å². The number of benzene rings is 1. The molecule has 2 heterocycles. The summed E-state index contributed by atoms with van der Waals surface area (Å²) in [7, 11) is 0. The molecule has 3 aromatic rings. The molecular weight excluding hydrogens is 340 g/mol. The van der Waals surface area contributed by atoms with Gasteiger partial charge in [-0.3, -0.25) is 4.79 Å². The SMILES string of the molecule is CCC(CC)CNC(=O)c1cc(-c2cccs2)nc2cc(C)c(C)cc12. The van der Waals surface area contributed by atoms with Crippen molar-refractivity contribution in [2.24, 2.45) is 5.92 Å². The molecule has 0 aliphatic carbocycles. The fraction of sp³-hybridized carbons (Fsp3) is 0.364. The van der Waals surface area contributed by atoms with Gasteiger partial charge in [-0.15, -0.1) is 11.3 Å². The predicted molar refractivity (Wildman–Crippen MR) is 111 cm³/mol. The number of fused-ring (bicyclic) bond motifs is 1. The molecule has 0 radical (unpaired) electrons. The molecule has 3 rings (SSSR count). The van der Waals surface area contributed by atoms with Crippen molar-refractivity contribution >= 4 is 28.1 Å². The third-order valence-electron chi connectivity index (χ3n) is 5.15. The smallest absolute Gasteiger partial charge is 0.252 e. The third kappa shape index (κ3) is 3.80. The average molecular weight is 367 g/mol. The highest BCUT2D eigenvalue weighted by atomic mass is 32.1. The maximum absolute atomic E-state index is 13.0. The number of carbonyl (C=O) groups excluding carboxylic acids is 1. The van der Waals surface area contributed by atoms with Crippen LogP contribution in [0.2, 0.25) is 0 Å². The molecule has 0 fully saturated rings. The second-order valence-corrected chi connectivity index (χ2v) is 7.83. The minimum absolute atomic E-state index is 0.00893. The number of thiophene rings is 1. The molecule has 0 saturated heterocycles. The molecule has 0 bridgehead atoms. The molecular formula is C22H26N2OS. The first-order valence-electron chi connectivity index (χ1n) is 9.27. The standard InChI is InChI=1S/C22H26N2OS/c1-5-16(6-2)13-23-22(25)18-12-20(21-8-7-9-26-21)24-19-11-15(4)14(3)10-17(18)19/h7-12,16H,5-6,13H2,1-4H3,(H,23,25). The molecule has 2 aromatic heterocycles. The van der Waals surface area contributed by atoms with Crippen LogP contribution >= 0.6 is 11.3 Å². The van der Waals surface area contributed by atoms with Crippen molar-refractivity contribution in [2.45, 2.75) is 40.5 Å². The minimum atomic E-state index is -0.00893. The molecule has 0 aliphatic heterocycles. The lowest BCUT2D eigenvalue weighted by Crippen LogP contribution is -2.29. The van der Waals surface area contributed by atoms with E-state index in [0.29, 0.717) is 11.5 Å². The Hall–Kier alpha value is -2.20. The quantitative estimate of drug-likeness (QED) is 0.604. The van der Waals surface area contributed by atoms with Gasteiger partial charge in [-0.05, 0) is 60.5 Å². The largest absolute Gasteiger partial charge is 0.352 e. The highest BCUT2D eigenvalue weighted by molar-refractivity contribution is 7.13. The van der Waals surface area contributed by atoms with Crippen LogP contribution in [0.5, 0.6) is 0 Å². The zero-order valence-corrected chi connectivity index (χ0v) is 16.7. The number of amides is 1. The van der Waals surface area contributed by atoms with Crippen LogP contribution < -0.4 is 5.32 Å². The second-order valence-electron chi connectivity index (χ2n) is 6.88. The van der Waals surface area contributed by atoms with Crippen molar-refractivity contribution in [2.75, 3.05) is 6.54 Å². The maximum Gasteiger partial charge on any atom is 0.252 e. The van der Waals surface area contributed by atoms with E-state index in [9.17, 15) is 4.79 Å². The van der Waals surface area contributed by atoms with Crippen LogP contribution in [0.3, 0.4) is 0 Å². The first kappa shape index (κ1) is 18.6. The molecule has 4 heteroatoms. The van der Waals surface area contributed by atoms with Crippen LogP contribution in [0, 0.1) is 19.8 Å². The lowest BCUT2D eigenvalue weighted by molar-refractivity contribution is 0.0948. The van der Waals surface area contributed by atoms with Gasteiger partial charge in [0, 0.05) is 11.9 Å². The van der Waals surface area contributed by atoms with Crippen LogP contribution in [0.25, 0.3) is 21.5 Å². The molecule has 0 aliphatic rings. The Balaban J connectivity index is 2.06. The zero-order valence-electron chi connectivity index (χ0n) is 15.9. The van der Waals surface area contributed by atoms with E-state index in [1.54, 1.807) is 11.3 Å². The summed E-state index contributed by atoms with van der Waals surface area (Å²) in [6, 6.07) is 10.2. The van der Waals surface area contributed by atoms with Crippen molar-refractivity contribution in [1.82, 2.24) is 10.3 Å². The Morgan fingerprint density at radius 3 is 2.54 bits per heavy atom. The molecule has 1 amide bonds. The number of aryl methyl sites for hydroxylation is 2. The molecule has 1 aromatic carbocycles. The van der Waals surface area contributed by atoms with E-state index in [0.717, 1.165) is 40.9 Å². The fourth-order valence-corrected chi connectivity index (χ4v) is 3.82. The molecule has 0 spiro atoms. The molecule has 26 heavy (non-hydrogen) atoms. The van der Waals surface area contributed by atoms with Gasteiger partial charge in [0.25, 0.3) is 5.91 Å². The van der Waals surface area contributed by atoms with E-state index < -0.39 is 0 Å². The first-order chi connectivity index (χ1) is 12.5. The van der Waals surface area contributed by atoms with Crippen molar-refractivity contribution < 1.29 is 4.79 Å². The van der Waals surface area contributed by atoms with Gasteiger partial charge in [0.2, 0.25) is 0 Å². The van der Waals surface area contributed by atoms with E-state index in [4.69, 9.17) is 4.98 Å². The number of nitrogens with zero attached hydrogens (tertiary/aromatic N) is 1. The van der Waals surface area contributed by atoms with Crippen LogP contribution in [-0.2, 0) is 0 Å². The lowest BCUT2D eigenvalue weighted by atomic mass is 10.00. The fourth-order valence-electron chi connectivity index (χ4n) is 3.13. The van der Waals surface area contributed by atoms with Gasteiger partial charge < -0.3 is 5.32 Å². The van der Waals surface area contributed by atoms with Gasteiger partial charge in [-0.1, -0.05) is 32.8 Å². The maximum atomic E-state index is 13.0. The summed E-state index contributed by atoms with van der Waals surface area (Å²) in [5.74, 6) is 0.512. The van der Waals surface area contributed by atoms with Crippen molar-refractivity contribution in [3.63, 3.8) is 0 Å². The number of hydrogen-bond donors (Lipinski definition) is 1. The molecule has 1 N–H and O–H groups in total. The van der Waals surface area contributed by atoms with E-state index >= 15 is 0 Å². The summed E-state index contributed by atoms with van der Waals surface area (Å²) in [6.07, 6.45) is 2.15. The Morgan fingerprint density at radius 1 is 1.15 bits per heavy atom. The van der Waals surface area contributed by atoms with Crippen molar-refractivity contribution in [1.29, 1.82) is 0 Å². The van der Waals surface area contributed by atoms with Crippen LogP contribution in [0.15, 0.2) is 35.7 Å². The van der Waals surface area contributed by atoms with Crippen LogP contribution in [0.4, 0.5) is 0 Å². The van der Waals surface area contributed by atoms with Gasteiger partial charge in [-0.2, -0.15) is 0 Å². The molecule has 0 atom stereocenters. The summed E-state index contributed by atoms with van der Waals surface area (Å²) in [4.78, 5) is 18.9. The van der Waals surface area contributed by atoms with E-state index in [1.807, 2.05) is 23.6 Å². The summed E-state index contributed by atoms with van der Waals surface area (Å²) in [5, 5.41) is 6.10. The van der Waals surface area contributed by atoms with Crippen molar-refractivity contribution in [3.05, 3.63) is 52.4 Å². The summed E-state index contributed by atoms with van der Waals surface area (Å²) >= 11 is 1.64. The molecule has 0 unspecified atom stereocenters. The Morgan fingerprint density at radius 2 is 1.88 bits per heavy atom. The van der Waals surface area contributed by atoms with Gasteiger partial charge in [0.15, 0.2) is 0 Å². The van der Waals surface area contributed by atoms with E-state index in [1.165, 1.54) is 11.1 Å². The molecule has 0 saturated carbocycles. The number of carbonyl (C=O) groups is 1. The van der Waals surface area contributed by atoms with E-state index in [2.05, 4.69) is 45.1 Å². The Kier molecular flexibility index (Phi) is 5.72. The Labute approximate surface area is 159 Å². The number of hydrogen-bond acceptors (Lipinski definition) is 3. The average Bonchev–Trinajstić information content (AvgIpc) is 3.17. The normalized spacial score (nSPS) is 11.3. The minimum Gasteiger partial charge on any atom is -0.352 e. The number of rotatable bonds is 6. The molecule has 3 nitrogen and oxygen atoms in total. The van der Waals surface area contributed by atoms with Crippen LogP contribution in [0.1, 0.15) is 48.2 Å². The number of pyridine rings is 1. The predicted octanol–water partition coefficient (Wildman–Crippen LogP) is 5.75. The summed E-state index contributed by atoms with van der Waals surface area (Å²) in [6.45, 7) is 9.22. The first-order valence-corrected chi connectivity index (χ1v) is 10.2. The number of nitrogens with one attached hydrogen (secondary N) is 1. The lowest BCUT2D eigenvalue weighted by Gasteiger charge is -2.15.